The first kappa shape index (κ1) is 81.2. The molecule has 0 heterocycles. The standard InChI is InChI=1S/C76H133NO8/c1-6-8-10-12-14-16-18-20-22-24-26-27-28-29-30-31-32-33-34-35-36-37-38-39-40-41-42-43-44-45-46-47-49-50-52-54-56-58-60-62-64-66-73(78)83-70-72(71-84-76(75(80)81)82-69-68-77(3,4)5)85-74(79)67-65-63-61-59-57-55-53-51-48-25-23-21-19-17-15-13-11-9-7-2/h9,11,15,17-18,20-21,23-24,26,28-29,48,51,55,57,72,76H,6-8,10,12-14,16,19,22,25,27,30-47,49-50,52-54,56,58-71H2,1-5H3/p+1/b11-9-,17-15-,20-18-,23-21-,26-24-,29-28-,51-48-,57-55-. The lowest BCUT2D eigenvalue weighted by Gasteiger charge is -2.25. The van der Waals surface area contributed by atoms with Crippen molar-refractivity contribution < 1.29 is 42.9 Å². The van der Waals surface area contributed by atoms with Gasteiger partial charge in [-0.05, 0) is 96.3 Å². The van der Waals surface area contributed by atoms with E-state index < -0.39 is 24.3 Å². The van der Waals surface area contributed by atoms with Crippen LogP contribution >= 0.6 is 0 Å². The molecule has 85 heavy (non-hydrogen) atoms. The molecular formula is C76H134NO8+. The Balaban J connectivity index is 3.98. The molecule has 0 aliphatic carbocycles. The molecule has 0 aromatic carbocycles. The van der Waals surface area contributed by atoms with Gasteiger partial charge in [-0.25, -0.2) is 4.79 Å². The van der Waals surface area contributed by atoms with E-state index in [0.717, 1.165) is 83.5 Å². The molecule has 9 nitrogen and oxygen atoms in total. The molecule has 2 atom stereocenters. The molecule has 490 valence electrons. The van der Waals surface area contributed by atoms with E-state index >= 15 is 0 Å². The van der Waals surface area contributed by atoms with Gasteiger partial charge in [-0.3, -0.25) is 9.59 Å². The molecule has 1 N–H and O–H groups in total. The Kier molecular flexibility index (Phi) is 63.2. The number of aliphatic carboxylic acids is 1. The molecule has 0 bridgehead atoms. The molecule has 0 radical (unpaired) electrons. The monoisotopic (exact) mass is 1190 g/mol. The van der Waals surface area contributed by atoms with Gasteiger partial charge < -0.3 is 28.5 Å². The molecule has 2 unspecified atom stereocenters. The Labute approximate surface area is 524 Å². The molecule has 0 fully saturated rings. The number of carboxylic acids is 1. The van der Waals surface area contributed by atoms with Crippen LogP contribution in [0.5, 0.6) is 0 Å². The van der Waals surface area contributed by atoms with Crippen molar-refractivity contribution in [3.05, 3.63) is 97.2 Å². The van der Waals surface area contributed by atoms with Crippen LogP contribution in [-0.2, 0) is 33.3 Å². The van der Waals surface area contributed by atoms with Crippen molar-refractivity contribution in [2.45, 2.75) is 322 Å². The maximum atomic E-state index is 12.9. The van der Waals surface area contributed by atoms with Gasteiger partial charge in [0.2, 0.25) is 0 Å². The van der Waals surface area contributed by atoms with Gasteiger partial charge in [0.05, 0.1) is 34.4 Å². The van der Waals surface area contributed by atoms with Crippen LogP contribution in [0.3, 0.4) is 0 Å². The fourth-order valence-corrected chi connectivity index (χ4v) is 9.93. The van der Waals surface area contributed by atoms with Crippen molar-refractivity contribution in [3.8, 4) is 0 Å². The number of carbonyl (C=O) groups excluding carboxylic acids is 2. The molecule has 9 heteroatoms. The largest absolute Gasteiger partial charge is 0.477 e. The normalized spacial score (nSPS) is 13.3. The van der Waals surface area contributed by atoms with Crippen LogP contribution < -0.4 is 0 Å². The van der Waals surface area contributed by atoms with Crippen molar-refractivity contribution in [2.24, 2.45) is 0 Å². The Hall–Kier alpha value is -3.79. The average Bonchev–Trinajstić information content (AvgIpc) is 3.48. The highest BCUT2D eigenvalue weighted by Gasteiger charge is 2.25. The summed E-state index contributed by atoms with van der Waals surface area (Å²) in [7, 11) is 5.96. The number of likely N-dealkylation sites (N-methyl/N-ethyl adjacent to an activating group) is 1. The van der Waals surface area contributed by atoms with Gasteiger partial charge in [-0.1, -0.05) is 297 Å². The van der Waals surface area contributed by atoms with E-state index in [1.54, 1.807) is 0 Å². The first-order valence-corrected chi connectivity index (χ1v) is 35.4. The lowest BCUT2D eigenvalue weighted by molar-refractivity contribution is -0.870. The number of unbranched alkanes of at least 4 members (excludes halogenated alkanes) is 34. The highest BCUT2D eigenvalue weighted by atomic mass is 16.7. The van der Waals surface area contributed by atoms with Crippen molar-refractivity contribution >= 4 is 17.9 Å². The number of esters is 2. The number of rotatable bonds is 65. The summed E-state index contributed by atoms with van der Waals surface area (Å²) in [4.78, 5) is 37.5. The fourth-order valence-electron chi connectivity index (χ4n) is 9.93. The first-order chi connectivity index (χ1) is 41.6. The molecule has 0 saturated carbocycles. The summed E-state index contributed by atoms with van der Waals surface area (Å²) in [6.07, 6.45) is 88.4. The Morgan fingerprint density at radius 3 is 1.01 bits per heavy atom. The van der Waals surface area contributed by atoms with E-state index in [1.807, 2.05) is 21.1 Å². The van der Waals surface area contributed by atoms with Crippen LogP contribution in [0.15, 0.2) is 97.2 Å². The second-order valence-electron chi connectivity index (χ2n) is 24.8. The number of allylic oxidation sites excluding steroid dienone is 16. The number of carbonyl (C=O) groups is 3. The summed E-state index contributed by atoms with van der Waals surface area (Å²) in [5.41, 5.74) is 0. The summed E-state index contributed by atoms with van der Waals surface area (Å²) in [5, 5.41) is 9.73. The SMILES string of the molecule is CC/C=C\C/C=C\C/C=C\C/C=C\C/C=C\CCCCCC(=O)OC(COC(=O)CCCCCCCCCCCCCCCCCCCCCCCCCCCC/C=C\C/C=C\C/C=C\CCCCCCC)COC(OCC[N+](C)(C)C)C(=O)O. The van der Waals surface area contributed by atoms with E-state index in [0.29, 0.717) is 23.9 Å². The third-order valence-electron chi connectivity index (χ3n) is 15.3. The maximum Gasteiger partial charge on any atom is 0.361 e. The highest BCUT2D eigenvalue weighted by Crippen LogP contribution is 2.18. The number of ether oxygens (including phenoxy) is 4. The second kappa shape index (κ2) is 66.2. The molecule has 0 aromatic rings. The second-order valence-corrected chi connectivity index (χ2v) is 24.8. The van der Waals surface area contributed by atoms with Crippen LogP contribution in [0.4, 0.5) is 0 Å². The molecular weight excluding hydrogens is 1050 g/mol. The van der Waals surface area contributed by atoms with E-state index in [4.69, 9.17) is 18.9 Å². The number of carboxylic acid groups (broad SMARTS) is 1. The van der Waals surface area contributed by atoms with Crippen LogP contribution in [0.25, 0.3) is 0 Å². The van der Waals surface area contributed by atoms with E-state index in [1.165, 1.54) is 193 Å². The Morgan fingerprint density at radius 1 is 0.365 bits per heavy atom. The third-order valence-corrected chi connectivity index (χ3v) is 15.3. The number of nitrogens with zero attached hydrogens (tertiary/aromatic N) is 1. The molecule has 0 rings (SSSR count). The van der Waals surface area contributed by atoms with Crippen LogP contribution in [0.1, 0.15) is 309 Å². The summed E-state index contributed by atoms with van der Waals surface area (Å²) in [6, 6.07) is 0. The predicted molar refractivity (Wildman–Crippen MR) is 364 cm³/mol. The minimum absolute atomic E-state index is 0.178. The summed E-state index contributed by atoms with van der Waals surface area (Å²) >= 11 is 0. The zero-order valence-electron chi connectivity index (χ0n) is 56.0. The molecule has 0 amide bonds. The number of quaternary nitrogens is 1. The zero-order chi connectivity index (χ0) is 61.9. The smallest absolute Gasteiger partial charge is 0.361 e. The summed E-state index contributed by atoms with van der Waals surface area (Å²) in [5.74, 6) is -2.04. The van der Waals surface area contributed by atoms with Crippen LogP contribution in [0, 0.1) is 0 Å². The summed E-state index contributed by atoms with van der Waals surface area (Å²) in [6.45, 7) is 4.73. The number of hydrogen-bond acceptors (Lipinski definition) is 7. The van der Waals surface area contributed by atoms with Gasteiger partial charge in [0.25, 0.3) is 6.29 Å². The molecule has 0 aliphatic heterocycles. The van der Waals surface area contributed by atoms with E-state index in [-0.39, 0.29) is 32.2 Å². The third kappa shape index (κ3) is 67.6. The lowest BCUT2D eigenvalue weighted by Crippen LogP contribution is -2.40. The van der Waals surface area contributed by atoms with E-state index in [2.05, 4.69) is 111 Å². The minimum Gasteiger partial charge on any atom is -0.477 e. The first-order valence-electron chi connectivity index (χ1n) is 35.4. The molecule has 0 aliphatic rings. The Morgan fingerprint density at radius 2 is 0.671 bits per heavy atom. The molecule has 0 spiro atoms. The van der Waals surface area contributed by atoms with E-state index in [9.17, 15) is 19.5 Å². The zero-order valence-corrected chi connectivity index (χ0v) is 56.0. The molecule has 0 saturated heterocycles. The average molecular weight is 1190 g/mol. The maximum absolute atomic E-state index is 12.9. The topological polar surface area (TPSA) is 108 Å². The van der Waals surface area contributed by atoms with Crippen molar-refractivity contribution in [1.82, 2.24) is 0 Å². The number of hydrogen-bond donors (Lipinski definition) is 1. The van der Waals surface area contributed by atoms with Crippen molar-refractivity contribution in [2.75, 3.05) is 47.5 Å². The van der Waals surface area contributed by atoms with Gasteiger partial charge in [-0.15, -0.1) is 0 Å². The predicted octanol–water partition coefficient (Wildman–Crippen LogP) is 22.0. The van der Waals surface area contributed by atoms with Gasteiger partial charge in [0.15, 0.2) is 6.10 Å². The summed E-state index contributed by atoms with van der Waals surface area (Å²) < 4.78 is 22.9. The van der Waals surface area contributed by atoms with Gasteiger partial charge in [-0.2, -0.15) is 0 Å². The Bertz CT molecular complexity index is 1720. The van der Waals surface area contributed by atoms with Gasteiger partial charge in [0, 0.05) is 12.8 Å². The van der Waals surface area contributed by atoms with Crippen molar-refractivity contribution in [1.29, 1.82) is 0 Å². The highest BCUT2D eigenvalue weighted by molar-refractivity contribution is 5.71. The quantitative estimate of drug-likeness (QED) is 0.0211. The minimum atomic E-state index is -1.52. The van der Waals surface area contributed by atoms with Crippen LogP contribution in [-0.4, -0.2) is 87.4 Å². The van der Waals surface area contributed by atoms with Crippen LogP contribution in [0.2, 0.25) is 0 Å². The van der Waals surface area contributed by atoms with Gasteiger partial charge >= 0.3 is 17.9 Å². The lowest BCUT2D eigenvalue weighted by atomic mass is 10.0. The van der Waals surface area contributed by atoms with Gasteiger partial charge in [0.1, 0.15) is 13.2 Å². The van der Waals surface area contributed by atoms with Crippen molar-refractivity contribution in [3.63, 3.8) is 0 Å². The fraction of sp³-hybridized carbons (Fsp3) is 0.750. The molecule has 0 aromatic heterocycles.